The highest BCUT2D eigenvalue weighted by molar-refractivity contribution is 7.92. The summed E-state index contributed by atoms with van der Waals surface area (Å²) in [7, 11) is -7.26. The van der Waals surface area contributed by atoms with Crippen molar-refractivity contribution in [2.45, 2.75) is 32.1 Å². The van der Waals surface area contributed by atoms with E-state index in [0.717, 1.165) is 11.1 Å². The summed E-state index contributed by atoms with van der Waals surface area (Å²) in [5.41, 5.74) is 1.60. The molecule has 0 heterocycles. The summed E-state index contributed by atoms with van der Waals surface area (Å²) in [4.78, 5) is 23.1. The molecule has 0 fully saturated rings. The minimum atomic E-state index is -3.63. The predicted molar refractivity (Wildman–Crippen MR) is 134 cm³/mol. The van der Waals surface area contributed by atoms with Crippen LogP contribution in [0.3, 0.4) is 0 Å². The Balaban J connectivity index is 1.81. The van der Waals surface area contributed by atoms with Crippen molar-refractivity contribution in [1.29, 1.82) is 0 Å². The van der Waals surface area contributed by atoms with Crippen LogP contribution in [0.5, 0.6) is 0 Å². The molecule has 2 N–H and O–H groups in total. The van der Waals surface area contributed by atoms with Gasteiger partial charge in [-0.25, -0.2) is 16.8 Å². The van der Waals surface area contributed by atoms with Crippen molar-refractivity contribution in [3.05, 3.63) is 71.8 Å². The zero-order chi connectivity index (χ0) is 25.9. The number of carboxylic acids is 2. The van der Waals surface area contributed by atoms with Crippen molar-refractivity contribution in [1.82, 2.24) is 0 Å². The van der Waals surface area contributed by atoms with Gasteiger partial charge in [0.15, 0.2) is 0 Å². The first-order chi connectivity index (χ1) is 16.5. The molecule has 2 rings (SSSR count). The second-order valence-electron chi connectivity index (χ2n) is 8.68. The lowest BCUT2D eigenvalue weighted by Crippen LogP contribution is -2.24. The Hall–Kier alpha value is -2.72. The van der Waals surface area contributed by atoms with Crippen LogP contribution < -0.4 is 0 Å². The number of carbonyl (C=O) groups is 2. The van der Waals surface area contributed by atoms with Gasteiger partial charge in [0.1, 0.15) is 19.7 Å². The first kappa shape index (κ1) is 28.5. The molecule has 0 amide bonds. The Labute approximate surface area is 206 Å². The van der Waals surface area contributed by atoms with Crippen molar-refractivity contribution < 1.29 is 36.6 Å². The van der Waals surface area contributed by atoms with Gasteiger partial charge in [0.05, 0.1) is 34.8 Å². The zero-order valence-corrected chi connectivity index (χ0v) is 21.1. The van der Waals surface area contributed by atoms with Crippen LogP contribution in [-0.4, -0.2) is 62.0 Å². The number of aliphatic carboxylic acids is 2. The fourth-order valence-electron chi connectivity index (χ4n) is 3.77. The third-order valence-electron chi connectivity index (χ3n) is 5.81. The summed E-state index contributed by atoms with van der Waals surface area (Å²) in [6, 6.07) is 17.9. The van der Waals surface area contributed by atoms with Crippen LogP contribution in [-0.2, 0) is 42.1 Å². The SMILES string of the molecule is O=C(O)C(CCS(=O)(=O)CCCS(=O)(=O)CCC(Cc1ccccc1)C(=O)O)Cc1ccccc1. The average Bonchev–Trinajstić information content (AvgIpc) is 2.80. The van der Waals surface area contributed by atoms with E-state index in [2.05, 4.69) is 0 Å². The van der Waals surface area contributed by atoms with E-state index in [1.807, 2.05) is 12.1 Å². The number of hydrogen-bond donors (Lipinski definition) is 2. The summed E-state index contributed by atoms with van der Waals surface area (Å²) in [5.74, 6) is -5.26. The summed E-state index contributed by atoms with van der Waals surface area (Å²) < 4.78 is 49.6. The van der Waals surface area contributed by atoms with Gasteiger partial charge in [0.25, 0.3) is 0 Å². The van der Waals surface area contributed by atoms with Gasteiger partial charge in [-0.2, -0.15) is 0 Å². The van der Waals surface area contributed by atoms with Gasteiger partial charge in [-0.1, -0.05) is 60.7 Å². The van der Waals surface area contributed by atoms with Gasteiger partial charge in [-0.15, -0.1) is 0 Å². The molecule has 192 valence electrons. The van der Waals surface area contributed by atoms with Crippen LogP contribution in [0, 0.1) is 11.8 Å². The van der Waals surface area contributed by atoms with E-state index in [4.69, 9.17) is 0 Å². The molecule has 2 aromatic carbocycles. The van der Waals surface area contributed by atoms with E-state index in [1.165, 1.54) is 0 Å². The monoisotopic (exact) mass is 524 g/mol. The topological polar surface area (TPSA) is 143 Å². The standard InChI is InChI=1S/C25H32O8S2/c26-24(27)22(18-20-8-3-1-4-9-20)12-16-34(30,31)14-7-15-35(32,33)17-13-23(25(28)29)19-21-10-5-2-6-11-21/h1-6,8-11,22-23H,7,12-19H2,(H,26,27)(H,28,29). The van der Waals surface area contributed by atoms with Crippen molar-refractivity contribution in [3.63, 3.8) is 0 Å². The van der Waals surface area contributed by atoms with Gasteiger partial charge in [-0.3, -0.25) is 9.59 Å². The smallest absolute Gasteiger partial charge is 0.306 e. The molecule has 2 aromatic rings. The fourth-order valence-corrected chi connectivity index (χ4v) is 6.82. The van der Waals surface area contributed by atoms with Crippen LogP contribution in [0.25, 0.3) is 0 Å². The highest BCUT2D eigenvalue weighted by atomic mass is 32.2. The Morgan fingerprint density at radius 3 is 1.26 bits per heavy atom. The molecule has 2 unspecified atom stereocenters. The van der Waals surface area contributed by atoms with Crippen LogP contribution in [0.2, 0.25) is 0 Å². The van der Waals surface area contributed by atoms with Crippen LogP contribution in [0.4, 0.5) is 0 Å². The van der Waals surface area contributed by atoms with E-state index in [1.54, 1.807) is 48.5 Å². The Bertz CT molecular complexity index is 1070. The number of benzene rings is 2. The predicted octanol–water partition coefficient (Wildman–Crippen LogP) is 2.87. The summed E-state index contributed by atoms with van der Waals surface area (Å²) in [6.07, 6.45) is 0.206. The molecule has 0 aliphatic carbocycles. The maximum absolute atomic E-state index is 12.4. The number of hydrogen-bond acceptors (Lipinski definition) is 6. The van der Waals surface area contributed by atoms with Crippen LogP contribution >= 0.6 is 0 Å². The molecule has 0 radical (unpaired) electrons. The minimum Gasteiger partial charge on any atom is -0.481 e. The van der Waals surface area contributed by atoms with Crippen molar-refractivity contribution in [2.75, 3.05) is 23.0 Å². The third-order valence-corrected chi connectivity index (χ3v) is 9.35. The maximum Gasteiger partial charge on any atom is 0.306 e. The van der Waals surface area contributed by atoms with Crippen molar-refractivity contribution in [2.24, 2.45) is 11.8 Å². The number of sulfone groups is 2. The van der Waals surface area contributed by atoms with Crippen LogP contribution in [0.15, 0.2) is 60.7 Å². The van der Waals surface area contributed by atoms with E-state index < -0.39 is 43.4 Å². The molecule has 0 aliphatic rings. The van der Waals surface area contributed by atoms with Crippen LogP contribution in [0.1, 0.15) is 30.4 Å². The summed E-state index contributed by atoms with van der Waals surface area (Å²) in [6.45, 7) is 0. The first-order valence-corrected chi connectivity index (χ1v) is 15.1. The lowest BCUT2D eigenvalue weighted by molar-refractivity contribution is -0.142. The highest BCUT2D eigenvalue weighted by Gasteiger charge is 2.24. The molecular formula is C25H32O8S2. The molecule has 0 aliphatic heterocycles. The molecule has 0 saturated carbocycles. The molecule has 10 heteroatoms. The second-order valence-corrected chi connectivity index (χ2v) is 13.3. The third kappa shape index (κ3) is 11.0. The van der Waals surface area contributed by atoms with Gasteiger partial charge in [0, 0.05) is 0 Å². The molecule has 8 nitrogen and oxygen atoms in total. The molecule has 0 bridgehead atoms. The van der Waals surface area contributed by atoms with E-state index in [0.29, 0.717) is 0 Å². The summed E-state index contributed by atoms with van der Waals surface area (Å²) in [5, 5.41) is 18.9. The molecular weight excluding hydrogens is 492 g/mol. The second kappa shape index (κ2) is 13.4. The Morgan fingerprint density at radius 1 is 0.600 bits per heavy atom. The van der Waals surface area contributed by atoms with E-state index in [9.17, 15) is 36.6 Å². The molecule has 0 aromatic heterocycles. The Morgan fingerprint density at radius 2 is 0.943 bits per heavy atom. The molecule has 0 saturated heterocycles. The van der Waals surface area contributed by atoms with Crippen molar-refractivity contribution in [3.8, 4) is 0 Å². The quantitative estimate of drug-likeness (QED) is 0.341. The zero-order valence-electron chi connectivity index (χ0n) is 19.5. The molecule has 35 heavy (non-hydrogen) atoms. The van der Waals surface area contributed by atoms with Gasteiger partial charge in [0.2, 0.25) is 0 Å². The van der Waals surface area contributed by atoms with Gasteiger partial charge < -0.3 is 10.2 Å². The minimum absolute atomic E-state index is 0.0565. The lowest BCUT2D eigenvalue weighted by Gasteiger charge is -2.14. The highest BCUT2D eigenvalue weighted by Crippen LogP contribution is 2.16. The maximum atomic E-state index is 12.4. The van der Waals surface area contributed by atoms with Crippen molar-refractivity contribution >= 4 is 31.6 Å². The lowest BCUT2D eigenvalue weighted by atomic mass is 9.97. The fraction of sp³-hybridized carbons (Fsp3) is 0.440. The number of rotatable bonds is 16. The van der Waals surface area contributed by atoms with Gasteiger partial charge in [-0.05, 0) is 43.2 Å². The average molecular weight is 525 g/mol. The van der Waals surface area contributed by atoms with E-state index in [-0.39, 0.29) is 55.1 Å². The van der Waals surface area contributed by atoms with E-state index >= 15 is 0 Å². The molecule has 0 spiro atoms. The molecule has 2 atom stereocenters. The van der Waals surface area contributed by atoms with Gasteiger partial charge >= 0.3 is 11.9 Å². The largest absolute Gasteiger partial charge is 0.481 e. The Kier molecular flexibility index (Phi) is 10.9. The summed E-state index contributed by atoms with van der Waals surface area (Å²) >= 11 is 0. The first-order valence-electron chi connectivity index (χ1n) is 11.4. The number of carboxylic acid groups (broad SMARTS) is 2. The normalized spacial score (nSPS) is 13.7.